The fraction of sp³-hybridized carbons (Fsp3) is 0.333. The first-order valence-electron chi connectivity index (χ1n) is 8.22. The van der Waals surface area contributed by atoms with Gasteiger partial charge >= 0.3 is 0 Å². The molecular weight excluding hydrogens is 304 g/mol. The Hall–Kier alpha value is -2.12. The van der Waals surface area contributed by atoms with E-state index in [1.807, 2.05) is 24.3 Å². The first-order chi connectivity index (χ1) is 11.7. The lowest BCUT2D eigenvalue weighted by Gasteiger charge is -2.60. The second kappa shape index (κ2) is 5.19. The fourth-order valence-corrected chi connectivity index (χ4v) is 4.27. The molecule has 6 nitrogen and oxygen atoms in total. The van der Waals surface area contributed by atoms with Gasteiger partial charge < -0.3 is 10.2 Å². The Kier molecular flexibility index (Phi) is 3.08. The summed E-state index contributed by atoms with van der Waals surface area (Å²) >= 11 is 0. The summed E-state index contributed by atoms with van der Waals surface area (Å²) in [6.45, 7) is 4.89. The van der Waals surface area contributed by atoms with Crippen molar-refractivity contribution in [3.63, 3.8) is 0 Å². The highest BCUT2D eigenvalue weighted by molar-refractivity contribution is 5.69. The fourth-order valence-electron chi connectivity index (χ4n) is 4.27. The predicted octanol–water partition coefficient (Wildman–Crippen LogP) is 1.80. The van der Waals surface area contributed by atoms with Crippen LogP contribution in [0.1, 0.15) is 11.7 Å². The van der Waals surface area contributed by atoms with E-state index >= 15 is 0 Å². The maximum Gasteiger partial charge on any atom is 0.116 e. The molecule has 6 rings (SSSR count). The molecule has 4 bridgehead atoms. The maximum atomic E-state index is 10.1. The van der Waals surface area contributed by atoms with Crippen molar-refractivity contribution < 1.29 is 10.2 Å². The minimum Gasteiger partial charge on any atom is -0.508 e. The molecule has 0 unspecified atom stereocenters. The van der Waals surface area contributed by atoms with Gasteiger partial charge in [0, 0.05) is 0 Å². The van der Waals surface area contributed by atoms with Gasteiger partial charge in [-0.25, -0.2) is 0 Å². The monoisotopic (exact) mass is 324 g/mol. The molecule has 0 radical (unpaired) electrons. The Balaban J connectivity index is 1.60. The van der Waals surface area contributed by atoms with Gasteiger partial charge in [-0.15, -0.1) is 0 Å². The van der Waals surface area contributed by atoms with E-state index in [-0.39, 0.29) is 11.9 Å². The van der Waals surface area contributed by atoms with Crippen molar-refractivity contribution in [1.82, 2.24) is 19.6 Å². The van der Waals surface area contributed by atoms with E-state index in [9.17, 15) is 10.2 Å². The van der Waals surface area contributed by atoms with E-state index in [0.717, 1.165) is 50.0 Å². The molecule has 4 saturated heterocycles. The zero-order chi connectivity index (χ0) is 16.3. The molecule has 0 spiro atoms. The summed E-state index contributed by atoms with van der Waals surface area (Å²) in [5, 5.41) is 19.6. The van der Waals surface area contributed by atoms with Gasteiger partial charge in [0.15, 0.2) is 0 Å². The molecule has 2 N–H and O–H groups in total. The van der Waals surface area contributed by atoms with Crippen LogP contribution in [0.2, 0.25) is 0 Å². The molecule has 0 atom stereocenters. The van der Waals surface area contributed by atoms with Crippen LogP contribution < -0.4 is 0 Å². The third-order valence-electron chi connectivity index (χ3n) is 5.11. The predicted molar refractivity (Wildman–Crippen MR) is 89.6 cm³/mol. The zero-order valence-corrected chi connectivity index (χ0v) is 13.3. The molecule has 6 heteroatoms. The molecule has 4 fully saturated rings. The number of rotatable bonds is 2. The highest BCUT2D eigenvalue weighted by atomic mass is 16.3. The summed E-state index contributed by atoms with van der Waals surface area (Å²) in [5.74, 6) is 0.561. The van der Waals surface area contributed by atoms with Gasteiger partial charge in [0.2, 0.25) is 0 Å². The normalized spacial score (nSPS) is 33.8. The Morgan fingerprint density at radius 1 is 0.708 bits per heavy atom. The SMILES string of the molecule is Oc1ccc(-c2ccc(O)cc2C2N3CN4CN(C3)CN2C4)cc1. The van der Waals surface area contributed by atoms with Gasteiger partial charge in [0.25, 0.3) is 0 Å². The molecule has 0 amide bonds. The van der Waals surface area contributed by atoms with Crippen LogP contribution in [-0.2, 0) is 0 Å². The average Bonchev–Trinajstić information content (AvgIpc) is 2.55. The summed E-state index contributed by atoms with van der Waals surface area (Å²) in [5.41, 5.74) is 3.29. The lowest BCUT2D eigenvalue weighted by Crippen LogP contribution is -2.72. The number of phenols is 2. The average molecular weight is 324 g/mol. The molecule has 2 aromatic carbocycles. The maximum absolute atomic E-state index is 10.1. The molecule has 24 heavy (non-hydrogen) atoms. The Morgan fingerprint density at radius 2 is 1.29 bits per heavy atom. The van der Waals surface area contributed by atoms with E-state index in [1.54, 1.807) is 18.2 Å². The molecule has 2 aromatic rings. The van der Waals surface area contributed by atoms with Crippen molar-refractivity contribution in [3.05, 3.63) is 48.0 Å². The van der Waals surface area contributed by atoms with E-state index in [4.69, 9.17) is 0 Å². The van der Waals surface area contributed by atoms with E-state index in [2.05, 4.69) is 19.6 Å². The minimum absolute atomic E-state index is 0.175. The smallest absolute Gasteiger partial charge is 0.116 e. The quantitative estimate of drug-likeness (QED) is 0.879. The molecular formula is C18H20N4O2. The summed E-state index contributed by atoms with van der Waals surface area (Å²) < 4.78 is 0. The van der Waals surface area contributed by atoms with Gasteiger partial charge in [0.05, 0.1) is 39.5 Å². The second-order valence-electron chi connectivity index (χ2n) is 6.92. The van der Waals surface area contributed by atoms with Crippen LogP contribution in [0.25, 0.3) is 11.1 Å². The first-order valence-corrected chi connectivity index (χ1v) is 8.22. The molecule has 0 aliphatic carbocycles. The zero-order valence-electron chi connectivity index (χ0n) is 13.3. The molecule has 124 valence electrons. The van der Waals surface area contributed by atoms with E-state index in [0.29, 0.717) is 5.75 Å². The molecule has 4 aliphatic rings. The van der Waals surface area contributed by atoms with Crippen molar-refractivity contribution in [1.29, 1.82) is 0 Å². The van der Waals surface area contributed by atoms with Crippen LogP contribution >= 0.6 is 0 Å². The van der Waals surface area contributed by atoms with Gasteiger partial charge in [-0.3, -0.25) is 19.6 Å². The Morgan fingerprint density at radius 3 is 1.92 bits per heavy atom. The Labute approximate surface area is 140 Å². The number of benzene rings is 2. The summed E-state index contributed by atoms with van der Waals surface area (Å²) in [7, 11) is 0. The third kappa shape index (κ3) is 2.19. The van der Waals surface area contributed by atoms with Crippen LogP contribution in [0.3, 0.4) is 0 Å². The van der Waals surface area contributed by atoms with Crippen molar-refractivity contribution in [2.75, 3.05) is 33.3 Å². The Bertz CT molecular complexity index is 749. The van der Waals surface area contributed by atoms with E-state index < -0.39 is 0 Å². The van der Waals surface area contributed by atoms with Crippen LogP contribution in [-0.4, -0.2) is 63.2 Å². The van der Waals surface area contributed by atoms with Crippen molar-refractivity contribution in [3.8, 4) is 22.6 Å². The van der Waals surface area contributed by atoms with Gasteiger partial charge in [0.1, 0.15) is 11.5 Å². The molecule has 0 aromatic heterocycles. The summed E-state index contributed by atoms with van der Waals surface area (Å²) in [6, 6.07) is 12.9. The van der Waals surface area contributed by atoms with Crippen LogP contribution in [0.15, 0.2) is 42.5 Å². The molecule has 4 heterocycles. The van der Waals surface area contributed by atoms with Crippen LogP contribution in [0, 0.1) is 0 Å². The minimum atomic E-state index is 0.175. The third-order valence-corrected chi connectivity index (χ3v) is 5.11. The van der Waals surface area contributed by atoms with Crippen LogP contribution in [0.5, 0.6) is 11.5 Å². The highest BCUT2D eigenvalue weighted by Gasteiger charge is 2.44. The van der Waals surface area contributed by atoms with Gasteiger partial charge in [-0.1, -0.05) is 18.2 Å². The van der Waals surface area contributed by atoms with Crippen LogP contribution in [0.4, 0.5) is 0 Å². The summed E-state index contributed by atoms with van der Waals surface area (Å²) in [4.78, 5) is 9.73. The topological polar surface area (TPSA) is 53.4 Å². The number of phenolic OH excluding ortho intramolecular Hbond substituents is 2. The number of aromatic hydroxyl groups is 2. The standard InChI is InChI=1S/C18H20N4O2/c23-14-3-1-13(2-4-14)16-6-5-15(24)7-17(16)18-21-9-19-8-20(11-21)12-22(18)10-19/h1-7,18,23-24H,8-12H2. The molecule has 0 saturated carbocycles. The lowest BCUT2D eigenvalue weighted by atomic mass is 9.95. The van der Waals surface area contributed by atoms with Gasteiger partial charge in [-0.05, 0) is 41.0 Å². The van der Waals surface area contributed by atoms with Crippen molar-refractivity contribution in [2.45, 2.75) is 6.17 Å². The highest BCUT2D eigenvalue weighted by Crippen LogP contribution is 2.41. The van der Waals surface area contributed by atoms with Gasteiger partial charge in [-0.2, -0.15) is 0 Å². The molecule has 4 aliphatic heterocycles. The number of nitrogens with zero attached hydrogens (tertiary/aromatic N) is 4. The van der Waals surface area contributed by atoms with Crippen molar-refractivity contribution >= 4 is 0 Å². The first kappa shape index (κ1) is 14.2. The largest absolute Gasteiger partial charge is 0.508 e. The number of hydrogen-bond donors (Lipinski definition) is 2. The lowest BCUT2D eigenvalue weighted by molar-refractivity contribution is -0.233. The summed E-state index contributed by atoms with van der Waals surface area (Å²) in [6.07, 6.45) is 0.175. The second-order valence-corrected chi connectivity index (χ2v) is 6.92. The van der Waals surface area contributed by atoms with Crippen molar-refractivity contribution in [2.24, 2.45) is 0 Å². The number of hydrogen-bond acceptors (Lipinski definition) is 6. The van der Waals surface area contributed by atoms with E-state index in [1.165, 1.54) is 0 Å².